The molecular formula is C17H29NO3. The van der Waals surface area contributed by atoms with Gasteiger partial charge in [0.15, 0.2) is 0 Å². The maximum atomic E-state index is 12.7. The van der Waals surface area contributed by atoms with E-state index in [2.05, 4.69) is 0 Å². The maximum Gasteiger partial charge on any atom is 0.325 e. The number of hydrogen-bond donors (Lipinski definition) is 0. The van der Waals surface area contributed by atoms with E-state index in [4.69, 9.17) is 4.74 Å². The molecule has 0 aromatic carbocycles. The summed E-state index contributed by atoms with van der Waals surface area (Å²) in [6, 6.07) is 0. The van der Waals surface area contributed by atoms with Gasteiger partial charge in [-0.3, -0.25) is 9.59 Å². The molecule has 1 amide bonds. The van der Waals surface area contributed by atoms with Gasteiger partial charge in [-0.25, -0.2) is 0 Å². The van der Waals surface area contributed by atoms with Crippen molar-refractivity contribution in [3.63, 3.8) is 0 Å². The first kappa shape index (κ1) is 16.3. The van der Waals surface area contributed by atoms with E-state index in [1.165, 1.54) is 32.1 Å². The van der Waals surface area contributed by atoms with E-state index in [0.29, 0.717) is 13.2 Å². The topological polar surface area (TPSA) is 46.6 Å². The summed E-state index contributed by atoms with van der Waals surface area (Å²) in [4.78, 5) is 25.9. The minimum atomic E-state index is -0.293. The van der Waals surface area contributed by atoms with Crippen LogP contribution in [-0.4, -0.2) is 36.5 Å². The highest BCUT2D eigenvalue weighted by molar-refractivity contribution is 5.83. The fourth-order valence-corrected chi connectivity index (χ4v) is 4.06. The molecule has 2 aliphatic carbocycles. The Kier molecular flexibility index (Phi) is 6.07. The van der Waals surface area contributed by atoms with E-state index < -0.39 is 0 Å². The number of rotatable bonds is 5. The second-order valence-electron chi connectivity index (χ2n) is 6.47. The Bertz CT molecular complexity index is 369. The Balaban J connectivity index is 1.90. The van der Waals surface area contributed by atoms with Crippen LogP contribution in [0.25, 0.3) is 0 Å². The molecule has 4 heteroatoms. The fraction of sp³-hybridized carbons (Fsp3) is 0.882. The Labute approximate surface area is 128 Å². The third-order valence-corrected chi connectivity index (χ3v) is 5.21. The summed E-state index contributed by atoms with van der Waals surface area (Å²) >= 11 is 0. The van der Waals surface area contributed by atoms with Crippen LogP contribution in [0.5, 0.6) is 0 Å². The van der Waals surface area contributed by atoms with Gasteiger partial charge in [-0.2, -0.15) is 0 Å². The lowest BCUT2D eigenvalue weighted by Gasteiger charge is -2.40. The SMILES string of the molecule is CCOC(=O)CN(CC)C(=O)C1CCC2CCCCC2C1. The largest absolute Gasteiger partial charge is 0.465 e. The number of amides is 1. The van der Waals surface area contributed by atoms with Crippen molar-refractivity contribution in [3.05, 3.63) is 0 Å². The lowest BCUT2D eigenvalue weighted by Crippen LogP contribution is -2.42. The molecule has 0 bridgehead atoms. The highest BCUT2D eigenvalue weighted by atomic mass is 16.5. The summed E-state index contributed by atoms with van der Waals surface area (Å²) in [6.07, 6.45) is 8.55. The second kappa shape index (κ2) is 7.81. The number of ether oxygens (including phenoxy) is 1. The Morgan fingerprint density at radius 1 is 1.05 bits per heavy atom. The van der Waals surface area contributed by atoms with E-state index in [9.17, 15) is 9.59 Å². The van der Waals surface area contributed by atoms with Crippen molar-refractivity contribution < 1.29 is 14.3 Å². The zero-order valence-electron chi connectivity index (χ0n) is 13.5. The lowest BCUT2D eigenvalue weighted by atomic mass is 9.67. The number of likely N-dealkylation sites (N-methyl/N-ethyl adjacent to an activating group) is 1. The molecule has 0 spiro atoms. The Morgan fingerprint density at radius 2 is 1.76 bits per heavy atom. The first-order valence-electron chi connectivity index (χ1n) is 8.60. The number of carbonyl (C=O) groups is 2. The molecule has 21 heavy (non-hydrogen) atoms. The molecular weight excluding hydrogens is 266 g/mol. The van der Waals surface area contributed by atoms with Crippen molar-refractivity contribution in [2.24, 2.45) is 17.8 Å². The molecule has 3 atom stereocenters. The Morgan fingerprint density at radius 3 is 2.43 bits per heavy atom. The molecule has 3 unspecified atom stereocenters. The van der Waals surface area contributed by atoms with Crippen molar-refractivity contribution in [2.45, 2.75) is 58.8 Å². The molecule has 0 N–H and O–H groups in total. The van der Waals surface area contributed by atoms with Crippen LogP contribution in [0.3, 0.4) is 0 Å². The van der Waals surface area contributed by atoms with Gasteiger partial charge in [0.1, 0.15) is 6.54 Å². The van der Waals surface area contributed by atoms with Crippen LogP contribution in [-0.2, 0) is 14.3 Å². The van der Waals surface area contributed by atoms with E-state index in [1.54, 1.807) is 11.8 Å². The number of esters is 1. The molecule has 2 saturated carbocycles. The zero-order chi connectivity index (χ0) is 15.2. The van der Waals surface area contributed by atoms with Gasteiger partial charge in [-0.1, -0.05) is 25.7 Å². The van der Waals surface area contributed by atoms with Crippen LogP contribution in [0.1, 0.15) is 58.8 Å². The molecule has 2 fully saturated rings. The van der Waals surface area contributed by atoms with Crippen LogP contribution < -0.4 is 0 Å². The van der Waals surface area contributed by atoms with Gasteiger partial charge in [0.25, 0.3) is 0 Å². The van der Waals surface area contributed by atoms with Gasteiger partial charge < -0.3 is 9.64 Å². The molecule has 0 saturated heterocycles. The normalized spacial score (nSPS) is 28.6. The van der Waals surface area contributed by atoms with Gasteiger partial charge in [-0.05, 0) is 44.9 Å². The number of hydrogen-bond acceptors (Lipinski definition) is 3. The lowest BCUT2D eigenvalue weighted by molar-refractivity contribution is -0.151. The van der Waals surface area contributed by atoms with E-state index >= 15 is 0 Å². The van der Waals surface area contributed by atoms with Crippen LogP contribution in [0.2, 0.25) is 0 Å². The van der Waals surface area contributed by atoms with Crippen LogP contribution in [0.15, 0.2) is 0 Å². The van der Waals surface area contributed by atoms with Crippen molar-refractivity contribution in [3.8, 4) is 0 Å². The maximum absolute atomic E-state index is 12.7. The van der Waals surface area contributed by atoms with Gasteiger partial charge in [0.05, 0.1) is 6.61 Å². The van der Waals surface area contributed by atoms with Crippen LogP contribution in [0, 0.1) is 17.8 Å². The quantitative estimate of drug-likeness (QED) is 0.732. The summed E-state index contributed by atoms with van der Waals surface area (Å²) < 4.78 is 4.96. The monoisotopic (exact) mass is 295 g/mol. The van der Waals surface area contributed by atoms with Gasteiger partial charge in [-0.15, -0.1) is 0 Å². The van der Waals surface area contributed by atoms with Crippen molar-refractivity contribution >= 4 is 11.9 Å². The minimum absolute atomic E-state index is 0.105. The molecule has 2 rings (SSSR count). The van der Waals surface area contributed by atoms with E-state index in [0.717, 1.165) is 24.7 Å². The fourth-order valence-electron chi connectivity index (χ4n) is 4.06. The predicted octanol–water partition coefficient (Wildman–Crippen LogP) is 3.00. The van der Waals surface area contributed by atoms with Crippen LogP contribution in [0.4, 0.5) is 0 Å². The summed E-state index contributed by atoms with van der Waals surface area (Å²) in [5.41, 5.74) is 0. The Hall–Kier alpha value is -1.06. The summed E-state index contributed by atoms with van der Waals surface area (Å²) in [5.74, 6) is 1.58. The number of carbonyl (C=O) groups excluding carboxylic acids is 2. The molecule has 0 heterocycles. The van der Waals surface area contributed by atoms with E-state index in [-0.39, 0.29) is 24.3 Å². The third-order valence-electron chi connectivity index (χ3n) is 5.21. The number of fused-ring (bicyclic) bond motifs is 1. The molecule has 0 aromatic heterocycles. The highest BCUT2D eigenvalue weighted by Gasteiger charge is 2.36. The van der Waals surface area contributed by atoms with Crippen LogP contribution >= 0.6 is 0 Å². The number of nitrogens with zero attached hydrogens (tertiary/aromatic N) is 1. The minimum Gasteiger partial charge on any atom is -0.465 e. The summed E-state index contributed by atoms with van der Waals surface area (Å²) in [5, 5.41) is 0. The van der Waals surface area contributed by atoms with E-state index in [1.807, 2.05) is 6.92 Å². The molecule has 2 aliphatic rings. The standard InChI is InChI=1S/C17H29NO3/c1-3-18(12-16(19)21-4-2)17(20)15-10-9-13-7-5-6-8-14(13)11-15/h13-15H,3-12H2,1-2H3. The van der Waals surface area contributed by atoms with Gasteiger partial charge in [0.2, 0.25) is 5.91 Å². The summed E-state index contributed by atoms with van der Waals surface area (Å²) in [7, 11) is 0. The average Bonchev–Trinajstić information content (AvgIpc) is 2.51. The van der Waals surface area contributed by atoms with Crippen molar-refractivity contribution in [1.82, 2.24) is 4.90 Å². The third kappa shape index (κ3) is 4.21. The second-order valence-corrected chi connectivity index (χ2v) is 6.47. The molecule has 4 nitrogen and oxygen atoms in total. The summed E-state index contributed by atoms with van der Waals surface area (Å²) in [6.45, 7) is 4.79. The molecule has 0 aromatic rings. The smallest absolute Gasteiger partial charge is 0.325 e. The highest BCUT2D eigenvalue weighted by Crippen LogP contribution is 2.43. The zero-order valence-corrected chi connectivity index (χ0v) is 13.5. The van der Waals surface area contributed by atoms with Crippen molar-refractivity contribution in [1.29, 1.82) is 0 Å². The first-order valence-corrected chi connectivity index (χ1v) is 8.60. The first-order chi connectivity index (χ1) is 10.2. The van der Waals surface area contributed by atoms with Gasteiger partial charge in [0, 0.05) is 12.5 Å². The van der Waals surface area contributed by atoms with Crippen molar-refractivity contribution in [2.75, 3.05) is 19.7 Å². The molecule has 0 radical (unpaired) electrons. The van der Waals surface area contributed by atoms with Gasteiger partial charge >= 0.3 is 5.97 Å². The predicted molar refractivity (Wildman–Crippen MR) is 81.7 cm³/mol. The molecule has 120 valence electrons. The average molecular weight is 295 g/mol. The molecule has 0 aliphatic heterocycles.